The summed E-state index contributed by atoms with van der Waals surface area (Å²) in [6, 6.07) is 9.48. The standard InChI is InChI=1S/C15H16ClN3O3/c1-18(2)9-10-7-12(17)11(16)8-15(10)22-14-6-4-3-5-13(14)19(20)21/h3-8H,9,17H2,1-2H3. The summed E-state index contributed by atoms with van der Waals surface area (Å²) in [5.74, 6) is 0.607. The van der Waals surface area contributed by atoms with E-state index in [1.54, 1.807) is 30.3 Å². The molecule has 0 heterocycles. The predicted octanol–water partition coefficient (Wildman–Crippen LogP) is 3.68. The van der Waals surface area contributed by atoms with Crippen molar-refractivity contribution in [2.45, 2.75) is 6.54 Å². The quantitative estimate of drug-likeness (QED) is 0.516. The van der Waals surface area contributed by atoms with Gasteiger partial charge in [-0.25, -0.2) is 0 Å². The van der Waals surface area contributed by atoms with Crippen LogP contribution in [-0.2, 0) is 6.54 Å². The number of rotatable bonds is 5. The average molecular weight is 322 g/mol. The Morgan fingerprint density at radius 2 is 1.95 bits per heavy atom. The fraction of sp³-hybridized carbons (Fsp3) is 0.200. The van der Waals surface area contributed by atoms with Gasteiger partial charge in [-0.15, -0.1) is 0 Å². The van der Waals surface area contributed by atoms with E-state index in [-0.39, 0.29) is 11.4 Å². The minimum atomic E-state index is -0.486. The third-order valence-electron chi connectivity index (χ3n) is 2.95. The number of halogens is 1. The summed E-state index contributed by atoms with van der Waals surface area (Å²) >= 11 is 6.04. The summed E-state index contributed by atoms with van der Waals surface area (Å²) in [6.07, 6.45) is 0. The molecule has 2 N–H and O–H groups in total. The van der Waals surface area contributed by atoms with Crippen molar-refractivity contribution in [2.24, 2.45) is 0 Å². The van der Waals surface area contributed by atoms with Crippen molar-refractivity contribution in [3.8, 4) is 11.5 Å². The van der Waals surface area contributed by atoms with Crippen LogP contribution in [0.2, 0.25) is 5.02 Å². The fourth-order valence-electron chi connectivity index (χ4n) is 1.99. The van der Waals surface area contributed by atoms with Gasteiger partial charge in [0.25, 0.3) is 0 Å². The second kappa shape index (κ2) is 6.64. The lowest BCUT2D eigenvalue weighted by molar-refractivity contribution is -0.385. The van der Waals surface area contributed by atoms with E-state index in [1.807, 2.05) is 19.0 Å². The zero-order valence-electron chi connectivity index (χ0n) is 12.2. The van der Waals surface area contributed by atoms with Crippen molar-refractivity contribution in [1.82, 2.24) is 4.90 Å². The fourth-order valence-corrected chi connectivity index (χ4v) is 2.14. The van der Waals surface area contributed by atoms with E-state index < -0.39 is 4.92 Å². The highest BCUT2D eigenvalue weighted by atomic mass is 35.5. The van der Waals surface area contributed by atoms with E-state index in [0.29, 0.717) is 23.0 Å². The van der Waals surface area contributed by atoms with Crippen LogP contribution in [-0.4, -0.2) is 23.9 Å². The van der Waals surface area contributed by atoms with Gasteiger partial charge in [0.05, 0.1) is 15.6 Å². The maximum atomic E-state index is 11.1. The molecule has 0 aliphatic carbocycles. The zero-order chi connectivity index (χ0) is 16.3. The molecule has 0 aliphatic rings. The number of hydrogen-bond donors (Lipinski definition) is 1. The van der Waals surface area contributed by atoms with Crippen LogP contribution in [0, 0.1) is 10.1 Å². The summed E-state index contributed by atoms with van der Waals surface area (Å²) in [6.45, 7) is 0.567. The molecule has 0 saturated heterocycles. The topological polar surface area (TPSA) is 81.6 Å². The van der Waals surface area contributed by atoms with Gasteiger partial charge in [-0.2, -0.15) is 0 Å². The Labute approximate surface area is 133 Å². The van der Waals surface area contributed by atoms with Gasteiger partial charge in [0.1, 0.15) is 5.75 Å². The van der Waals surface area contributed by atoms with Crippen molar-refractivity contribution >= 4 is 23.0 Å². The molecule has 0 saturated carbocycles. The molecule has 2 aromatic carbocycles. The van der Waals surface area contributed by atoms with Crippen molar-refractivity contribution < 1.29 is 9.66 Å². The Bertz CT molecular complexity index is 704. The molecule has 0 unspecified atom stereocenters. The second-order valence-electron chi connectivity index (χ2n) is 5.05. The second-order valence-corrected chi connectivity index (χ2v) is 5.45. The van der Waals surface area contributed by atoms with Crippen molar-refractivity contribution in [2.75, 3.05) is 19.8 Å². The zero-order valence-corrected chi connectivity index (χ0v) is 13.0. The largest absolute Gasteiger partial charge is 0.450 e. The third-order valence-corrected chi connectivity index (χ3v) is 3.28. The molecular weight excluding hydrogens is 306 g/mol. The molecule has 0 atom stereocenters. The van der Waals surface area contributed by atoms with Crippen LogP contribution in [0.25, 0.3) is 0 Å². The number of ether oxygens (including phenoxy) is 1. The first-order valence-corrected chi connectivity index (χ1v) is 6.90. The molecule has 0 bridgehead atoms. The van der Waals surface area contributed by atoms with E-state index in [2.05, 4.69) is 0 Å². The SMILES string of the molecule is CN(C)Cc1cc(N)c(Cl)cc1Oc1ccccc1[N+](=O)[O-]. The minimum absolute atomic E-state index is 0.105. The smallest absolute Gasteiger partial charge is 0.311 e. The van der Waals surface area contributed by atoms with Crippen molar-refractivity contribution in [1.29, 1.82) is 0 Å². The summed E-state index contributed by atoms with van der Waals surface area (Å²) in [7, 11) is 3.80. The first kappa shape index (κ1) is 16.1. The highest BCUT2D eigenvalue weighted by Crippen LogP contribution is 2.36. The van der Waals surface area contributed by atoms with E-state index in [4.69, 9.17) is 22.1 Å². The maximum Gasteiger partial charge on any atom is 0.311 e. The summed E-state index contributed by atoms with van der Waals surface area (Å²) in [5.41, 5.74) is 6.95. The number of anilines is 1. The summed E-state index contributed by atoms with van der Waals surface area (Å²) < 4.78 is 5.73. The molecular formula is C15H16ClN3O3. The first-order valence-electron chi connectivity index (χ1n) is 6.52. The van der Waals surface area contributed by atoms with Crippen LogP contribution >= 0.6 is 11.6 Å². The van der Waals surface area contributed by atoms with Gasteiger partial charge in [-0.1, -0.05) is 23.7 Å². The van der Waals surface area contributed by atoms with Gasteiger partial charge in [-0.3, -0.25) is 10.1 Å². The monoisotopic (exact) mass is 321 g/mol. The number of benzene rings is 2. The number of nitrogen functional groups attached to an aromatic ring is 1. The van der Waals surface area contributed by atoms with Gasteiger partial charge in [0.15, 0.2) is 0 Å². The van der Waals surface area contributed by atoms with Gasteiger partial charge in [0, 0.05) is 24.2 Å². The van der Waals surface area contributed by atoms with Crippen LogP contribution in [0.4, 0.5) is 11.4 Å². The first-order chi connectivity index (χ1) is 10.4. The van der Waals surface area contributed by atoms with Crippen LogP contribution in [0.3, 0.4) is 0 Å². The van der Waals surface area contributed by atoms with E-state index in [9.17, 15) is 10.1 Å². The van der Waals surface area contributed by atoms with Crippen molar-refractivity contribution in [3.63, 3.8) is 0 Å². The molecule has 6 nitrogen and oxygen atoms in total. The Morgan fingerprint density at radius 3 is 2.59 bits per heavy atom. The summed E-state index contributed by atoms with van der Waals surface area (Å²) in [5, 5.41) is 11.4. The van der Waals surface area contributed by atoms with E-state index in [1.165, 1.54) is 6.07 Å². The predicted molar refractivity (Wildman–Crippen MR) is 86.4 cm³/mol. The maximum absolute atomic E-state index is 11.1. The van der Waals surface area contributed by atoms with Crippen LogP contribution in [0.15, 0.2) is 36.4 Å². The molecule has 22 heavy (non-hydrogen) atoms. The minimum Gasteiger partial charge on any atom is -0.450 e. The van der Waals surface area contributed by atoms with Crippen molar-refractivity contribution in [3.05, 3.63) is 57.1 Å². The molecule has 2 aromatic rings. The lowest BCUT2D eigenvalue weighted by atomic mass is 10.1. The molecule has 116 valence electrons. The number of nitrogens with zero attached hydrogens (tertiary/aromatic N) is 2. The number of nitro groups is 1. The van der Waals surface area contributed by atoms with Crippen LogP contribution < -0.4 is 10.5 Å². The molecule has 0 fully saturated rings. The highest BCUT2D eigenvalue weighted by molar-refractivity contribution is 6.33. The Balaban J connectivity index is 2.45. The molecule has 7 heteroatoms. The molecule has 0 amide bonds. The van der Waals surface area contributed by atoms with Gasteiger partial charge in [-0.05, 0) is 26.2 Å². The normalized spacial score (nSPS) is 10.7. The Hall–Kier alpha value is -2.31. The molecule has 0 radical (unpaired) electrons. The van der Waals surface area contributed by atoms with E-state index >= 15 is 0 Å². The highest BCUT2D eigenvalue weighted by Gasteiger charge is 2.17. The molecule has 0 aromatic heterocycles. The summed E-state index contributed by atoms with van der Waals surface area (Å²) in [4.78, 5) is 12.5. The lowest BCUT2D eigenvalue weighted by Gasteiger charge is -2.16. The Morgan fingerprint density at radius 1 is 1.27 bits per heavy atom. The van der Waals surface area contributed by atoms with Crippen LogP contribution in [0.1, 0.15) is 5.56 Å². The third kappa shape index (κ3) is 3.66. The number of nitrogens with two attached hydrogens (primary N) is 1. The molecule has 2 rings (SSSR count). The van der Waals surface area contributed by atoms with E-state index in [0.717, 1.165) is 5.56 Å². The van der Waals surface area contributed by atoms with Gasteiger partial charge >= 0.3 is 5.69 Å². The van der Waals surface area contributed by atoms with Gasteiger partial charge in [0.2, 0.25) is 5.75 Å². The average Bonchev–Trinajstić information content (AvgIpc) is 2.44. The number of nitro benzene ring substituents is 1. The number of hydrogen-bond acceptors (Lipinski definition) is 5. The van der Waals surface area contributed by atoms with Crippen LogP contribution in [0.5, 0.6) is 11.5 Å². The number of para-hydroxylation sites is 2. The molecule has 0 aliphatic heterocycles. The van der Waals surface area contributed by atoms with Gasteiger partial charge < -0.3 is 15.4 Å². The molecule has 0 spiro atoms. The lowest BCUT2D eigenvalue weighted by Crippen LogP contribution is -2.12. The Kier molecular flexibility index (Phi) is 4.85.